The number of aryl methyl sites for hydroxylation is 1. The van der Waals surface area contributed by atoms with Gasteiger partial charge in [0, 0.05) is 11.4 Å². The number of anilines is 2. The van der Waals surface area contributed by atoms with Crippen LogP contribution >= 0.6 is 0 Å². The van der Waals surface area contributed by atoms with Gasteiger partial charge in [0.15, 0.2) is 0 Å². The van der Waals surface area contributed by atoms with Crippen molar-refractivity contribution >= 4 is 23.3 Å². The van der Waals surface area contributed by atoms with E-state index < -0.39 is 5.97 Å². The number of hydrogen-bond donors (Lipinski definition) is 3. The van der Waals surface area contributed by atoms with Crippen LogP contribution in [-0.2, 0) is 4.79 Å². The molecule has 0 saturated heterocycles. The molecule has 0 atom stereocenters. The number of para-hydroxylation sites is 1. The quantitative estimate of drug-likeness (QED) is 0.789. The van der Waals surface area contributed by atoms with Crippen molar-refractivity contribution in [2.45, 2.75) is 6.92 Å². The topological polar surface area (TPSA) is 78.4 Å². The Balaban J connectivity index is 2.14. The van der Waals surface area contributed by atoms with E-state index in [2.05, 4.69) is 10.6 Å². The maximum Gasteiger partial charge on any atom is 0.322 e. The molecule has 0 fully saturated rings. The number of carboxylic acids is 1. The second-order valence-electron chi connectivity index (χ2n) is 4.61. The summed E-state index contributed by atoms with van der Waals surface area (Å²) in [6.07, 6.45) is 0. The highest BCUT2D eigenvalue weighted by molar-refractivity contribution is 6.08. The first-order valence-corrected chi connectivity index (χ1v) is 6.49. The molecule has 0 spiro atoms. The van der Waals surface area contributed by atoms with Crippen molar-refractivity contribution in [3.8, 4) is 0 Å². The third kappa shape index (κ3) is 4.07. The highest BCUT2D eigenvalue weighted by atomic mass is 16.4. The van der Waals surface area contributed by atoms with E-state index in [0.717, 1.165) is 5.56 Å². The third-order valence-electron chi connectivity index (χ3n) is 2.91. The Morgan fingerprint density at radius 3 is 2.38 bits per heavy atom. The minimum absolute atomic E-state index is 0.241. The molecule has 2 aromatic rings. The van der Waals surface area contributed by atoms with Crippen LogP contribution in [0.2, 0.25) is 0 Å². The van der Waals surface area contributed by atoms with Crippen LogP contribution in [-0.4, -0.2) is 23.5 Å². The Bertz CT molecular complexity index is 651. The van der Waals surface area contributed by atoms with Gasteiger partial charge < -0.3 is 15.7 Å². The van der Waals surface area contributed by atoms with E-state index in [1.165, 1.54) is 0 Å². The van der Waals surface area contributed by atoms with Gasteiger partial charge in [-0.2, -0.15) is 0 Å². The van der Waals surface area contributed by atoms with Crippen molar-refractivity contribution in [3.63, 3.8) is 0 Å². The maximum absolute atomic E-state index is 12.3. The Morgan fingerprint density at radius 1 is 1.05 bits per heavy atom. The van der Waals surface area contributed by atoms with E-state index in [4.69, 9.17) is 5.11 Å². The van der Waals surface area contributed by atoms with Gasteiger partial charge in [0.1, 0.15) is 6.54 Å². The van der Waals surface area contributed by atoms with E-state index in [1.807, 2.05) is 31.2 Å². The summed E-state index contributed by atoms with van der Waals surface area (Å²) in [5.74, 6) is -1.27. The minimum Gasteiger partial charge on any atom is -0.480 e. The molecule has 0 radical (unpaired) electrons. The zero-order chi connectivity index (χ0) is 15.2. The molecular formula is C16H16N2O3. The summed E-state index contributed by atoms with van der Waals surface area (Å²) in [5.41, 5.74) is 2.69. The van der Waals surface area contributed by atoms with Crippen LogP contribution in [0.1, 0.15) is 15.9 Å². The van der Waals surface area contributed by atoms with E-state index in [9.17, 15) is 9.59 Å². The normalized spacial score (nSPS) is 9.95. The molecule has 1 amide bonds. The van der Waals surface area contributed by atoms with Gasteiger partial charge >= 0.3 is 5.97 Å². The molecule has 0 aromatic heterocycles. The summed E-state index contributed by atoms with van der Waals surface area (Å²) < 4.78 is 0. The van der Waals surface area contributed by atoms with Crippen molar-refractivity contribution in [1.29, 1.82) is 0 Å². The van der Waals surface area contributed by atoms with Gasteiger partial charge in [0.25, 0.3) is 5.91 Å². The molecule has 3 N–H and O–H groups in total. The Kier molecular flexibility index (Phi) is 4.56. The lowest BCUT2D eigenvalue weighted by Gasteiger charge is -2.11. The average Bonchev–Trinajstić information content (AvgIpc) is 2.47. The lowest BCUT2D eigenvalue weighted by molar-refractivity contribution is -0.134. The lowest BCUT2D eigenvalue weighted by atomic mass is 10.1. The smallest absolute Gasteiger partial charge is 0.322 e. The Labute approximate surface area is 122 Å². The Morgan fingerprint density at radius 2 is 1.71 bits per heavy atom. The molecule has 2 aromatic carbocycles. The molecule has 108 valence electrons. The zero-order valence-electron chi connectivity index (χ0n) is 11.6. The monoisotopic (exact) mass is 284 g/mol. The second-order valence-corrected chi connectivity index (χ2v) is 4.61. The third-order valence-corrected chi connectivity index (χ3v) is 2.91. The summed E-state index contributed by atoms with van der Waals surface area (Å²) in [4.78, 5) is 22.9. The maximum atomic E-state index is 12.3. The molecule has 0 bridgehead atoms. The zero-order valence-corrected chi connectivity index (χ0v) is 11.6. The fourth-order valence-electron chi connectivity index (χ4n) is 1.84. The van der Waals surface area contributed by atoms with Crippen LogP contribution in [0, 0.1) is 6.92 Å². The number of benzene rings is 2. The molecule has 5 heteroatoms. The Hall–Kier alpha value is -2.82. The van der Waals surface area contributed by atoms with Crippen LogP contribution in [0.5, 0.6) is 0 Å². The fraction of sp³-hybridized carbons (Fsp3) is 0.125. The SMILES string of the molecule is Cc1ccc(NC(=O)c2ccccc2NCC(=O)O)cc1. The lowest BCUT2D eigenvalue weighted by Crippen LogP contribution is -2.18. The second kappa shape index (κ2) is 6.56. The summed E-state index contributed by atoms with van der Waals surface area (Å²) in [6.45, 7) is 1.73. The molecule has 0 aliphatic rings. The van der Waals surface area contributed by atoms with Gasteiger partial charge in [0.05, 0.1) is 5.56 Å². The summed E-state index contributed by atoms with van der Waals surface area (Å²) >= 11 is 0. The van der Waals surface area contributed by atoms with Gasteiger partial charge in [-0.15, -0.1) is 0 Å². The van der Waals surface area contributed by atoms with Gasteiger partial charge in [-0.05, 0) is 31.2 Å². The van der Waals surface area contributed by atoms with Crippen LogP contribution in [0.3, 0.4) is 0 Å². The largest absolute Gasteiger partial charge is 0.480 e. The first-order valence-electron chi connectivity index (χ1n) is 6.49. The molecule has 0 aliphatic carbocycles. The summed E-state index contributed by atoms with van der Waals surface area (Å²) in [5, 5.41) is 14.2. The van der Waals surface area contributed by atoms with Crippen LogP contribution in [0.15, 0.2) is 48.5 Å². The van der Waals surface area contributed by atoms with Crippen molar-refractivity contribution in [1.82, 2.24) is 0 Å². The number of rotatable bonds is 5. The number of nitrogens with one attached hydrogen (secondary N) is 2. The van der Waals surface area contributed by atoms with Crippen molar-refractivity contribution in [3.05, 3.63) is 59.7 Å². The van der Waals surface area contributed by atoms with E-state index in [-0.39, 0.29) is 12.5 Å². The predicted octanol–water partition coefficient (Wildman–Crippen LogP) is 2.74. The molecule has 2 rings (SSSR count). The van der Waals surface area contributed by atoms with Gasteiger partial charge in [-0.3, -0.25) is 9.59 Å². The van der Waals surface area contributed by atoms with Crippen LogP contribution in [0.25, 0.3) is 0 Å². The number of carbonyl (C=O) groups is 2. The molecule has 0 unspecified atom stereocenters. The van der Waals surface area contributed by atoms with Crippen molar-refractivity contribution < 1.29 is 14.7 Å². The number of carboxylic acid groups (broad SMARTS) is 1. The minimum atomic E-state index is -0.983. The molecule has 5 nitrogen and oxygen atoms in total. The highest BCUT2D eigenvalue weighted by Gasteiger charge is 2.11. The molecule has 21 heavy (non-hydrogen) atoms. The van der Waals surface area contributed by atoms with E-state index in [1.54, 1.807) is 24.3 Å². The van der Waals surface area contributed by atoms with E-state index in [0.29, 0.717) is 16.9 Å². The summed E-state index contributed by atoms with van der Waals surface area (Å²) in [6, 6.07) is 14.2. The molecule has 0 saturated carbocycles. The molecule has 0 aliphatic heterocycles. The fourth-order valence-corrected chi connectivity index (χ4v) is 1.84. The average molecular weight is 284 g/mol. The number of hydrogen-bond acceptors (Lipinski definition) is 3. The van der Waals surface area contributed by atoms with Crippen molar-refractivity contribution in [2.75, 3.05) is 17.2 Å². The van der Waals surface area contributed by atoms with Gasteiger partial charge in [0.2, 0.25) is 0 Å². The number of aliphatic carboxylic acids is 1. The van der Waals surface area contributed by atoms with Gasteiger partial charge in [-0.1, -0.05) is 29.8 Å². The van der Waals surface area contributed by atoms with E-state index >= 15 is 0 Å². The number of carbonyl (C=O) groups excluding carboxylic acids is 1. The van der Waals surface area contributed by atoms with Crippen LogP contribution < -0.4 is 10.6 Å². The first kappa shape index (κ1) is 14.6. The van der Waals surface area contributed by atoms with Gasteiger partial charge in [-0.25, -0.2) is 0 Å². The van der Waals surface area contributed by atoms with Crippen LogP contribution in [0.4, 0.5) is 11.4 Å². The standard InChI is InChI=1S/C16H16N2O3/c1-11-6-8-12(9-7-11)18-16(21)13-4-2-3-5-14(13)17-10-15(19)20/h2-9,17H,10H2,1H3,(H,18,21)(H,19,20). The predicted molar refractivity (Wildman–Crippen MR) is 81.7 cm³/mol. The first-order chi connectivity index (χ1) is 10.1. The van der Waals surface area contributed by atoms with Crippen molar-refractivity contribution in [2.24, 2.45) is 0 Å². The highest BCUT2D eigenvalue weighted by Crippen LogP contribution is 2.17. The molecular weight excluding hydrogens is 268 g/mol. The number of amides is 1. The summed E-state index contributed by atoms with van der Waals surface area (Å²) in [7, 11) is 0. The molecule has 0 heterocycles.